The molecule has 0 aliphatic carbocycles. The van der Waals surface area contributed by atoms with Gasteiger partial charge >= 0.3 is 5.97 Å². The van der Waals surface area contributed by atoms with E-state index in [1.807, 2.05) is 0 Å². The van der Waals surface area contributed by atoms with Crippen molar-refractivity contribution in [1.82, 2.24) is 0 Å². The first-order valence-corrected chi connectivity index (χ1v) is 6.62. The Bertz CT molecular complexity index is 653. The maximum Gasteiger partial charge on any atom is 0.310 e. The molecule has 0 aliphatic rings. The van der Waals surface area contributed by atoms with Crippen molar-refractivity contribution in [3.8, 4) is 0 Å². The number of carbonyl (C=O) groups excluding carboxylic acids is 2. The van der Waals surface area contributed by atoms with Gasteiger partial charge in [0.15, 0.2) is 12.4 Å². The highest BCUT2D eigenvalue weighted by Crippen LogP contribution is 2.11. The van der Waals surface area contributed by atoms with Crippen LogP contribution < -0.4 is 0 Å². The molecule has 0 spiro atoms. The molecule has 0 unspecified atom stereocenters. The van der Waals surface area contributed by atoms with Crippen LogP contribution in [-0.4, -0.2) is 18.4 Å². The SMILES string of the molecule is O=C(Cc1ccccc1F)OCC(=O)c1ccc(Cl)cc1. The summed E-state index contributed by atoms with van der Waals surface area (Å²) in [5.41, 5.74) is 0.638. The Balaban J connectivity index is 1.88. The number of carbonyl (C=O) groups is 2. The third kappa shape index (κ3) is 4.39. The fourth-order valence-electron chi connectivity index (χ4n) is 1.71. The van der Waals surface area contributed by atoms with E-state index >= 15 is 0 Å². The molecule has 2 aromatic carbocycles. The molecule has 0 amide bonds. The summed E-state index contributed by atoms with van der Waals surface area (Å²) in [7, 11) is 0. The van der Waals surface area contributed by atoms with E-state index in [0.717, 1.165) is 0 Å². The van der Waals surface area contributed by atoms with E-state index in [1.54, 1.807) is 30.3 Å². The van der Waals surface area contributed by atoms with Gasteiger partial charge in [0.25, 0.3) is 0 Å². The second-order valence-corrected chi connectivity index (χ2v) is 4.80. The van der Waals surface area contributed by atoms with Gasteiger partial charge in [0.1, 0.15) is 5.82 Å². The summed E-state index contributed by atoms with van der Waals surface area (Å²) in [6.07, 6.45) is -0.208. The Morgan fingerprint density at radius 2 is 1.71 bits per heavy atom. The highest BCUT2D eigenvalue weighted by atomic mass is 35.5. The molecule has 2 aromatic rings. The number of Topliss-reactive ketones (excluding diaryl/α,β-unsaturated/α-hetero) is 1. The normalized spacial score (nSPS) is 10.2. The largest absolute Gasteiger partial charge is 0.457 e. The molecule has 0 heterocycles. The van der Waals surface area contributed by atoms with Crippen LogP contribution in [0.3, 0.4) is 0 Å². The van der Waals surface area contributed by atoms with E-state index in [1.165, 1.54) is 18.2 Å². The van der Waals surface area contributed by atoms with E-state index in [4.69, 9.17) is 16.3 Å². The number of rotatable bonds is 5. The molecule has 0 saturated heterocycles. The molecule has 0 aromatic heterocycles. The van der Waals surface area contributed by atoms with Crippen molar-refractivity contribution in [2.24, 2.45) is 0 Å². The third-order valence-corrected chi connectivity index (χ3v) is 3.08. The van der Waals surface area contributed by atoms with E-state index < -0.39 is 11.8 Å². The lowest BCUT2D eigenvalue weighted by atomic mass is 10.1. The summed E-state index contributed by atoms with van der Waals surface area (Å²) >= 11 is 5.72. The van der Waals surface area contributed by atoms with Crippen LogP contribution in [0.25, 0.3) is 0 Å². The van der Waals surface area contributed by atoms with E-state index in [9.17, 15) is 14.0 Å². The minimum Gasteiger partial charge on any atom is -0.457 e. The first kappa shape index (κ1) is 15.2. The van der Waals surface area contributed by atoms with Crippen molar-refractivity contribution in [2.45, 2.75) is 6.42 Å². The summed E-state index contributed by atoms with van der Waals surface area (Å²) in [4.78, 5) is 23.4. The van der Waals surface area contributed by atoms with Crippen LogP contribution in [0.15, 0.2) is 48.5 Å². The molecule has 0 radical (unpaired) electrons. The molecule has 2 rings (SSSR count). The van der Waals surface area contributed by atoms with E-state index in [-0.39, 0.29) is 24.4 Å². The maximum atomic E-state index is 13.4. The second kappa shape index (κ2) is 6.99. The number of benzene rings is 2. The first-order valence-electron chi connectivity index (χ1n) is 6.24. The smallest absolute Gasteiger partial charge is 0.310 e. The van der Waals surface area contributed by atoms with Gasteiger partial charge in [-0.1, -0.05) is 29.8 Å². The second-order valence-electron chi connectivity index (χ2n) is 4.36. The highest BCUT2D eigenvalue weighted by molar-refractivity contribution is 6.30. The van der Waals surface area contributed by atoms with Crippen molar-refractivity contribution in [3.63, 3.8) is 0 Å². The first-order chi connectivity index (χ1) is 10.1. The standard InChI is InChI=1S/C16H12ClFO3/c17-13-7-5-11(6-8-13)15(19)10-21-16(20)9-12-3-1-2-4-14(12)18/h1-8H,9-10H2. The van der Waals surface area contributed by atoms with Gasteiger partial charge in [0, 0.05) is 10.6 Å². The molecule has 108 valence electrons. The van der Waals surface area contributed by atoms with Crippen LogP contribution in [0.5, 0.6) is 0 Å². The highest BCUT2D eigenvalue weighted by Gasteiger charge is 2.12. The number of esters is 1. The predicted octanol–water partition coefficient (Wildman–Crippen LogP) is 3.45. The molecule has 0 N–H and O–H groups in total. The molecular weight excluding hydrogens is 295 g/mol. The molecule has 0 aliphatic heterocycles. The van der Waals surface area contributed by atoms with Crippen LogP contribution in [-0.2, 0) is 16.0 Å². The Hall–Kier alpha value is -2.20. The van der Waals surface area contributed by atoms with Gasteiger partial charge in [-0.15, -0.1) is 0 Å². The minimum atomic E-state index is -0.651. The van der Waals surface area contributed by atoms with Gasteiger partial charge in [-0.2, -0.15) is 0 Å². The zero-order valence-corrected chi connectivity index (χ0v) is 11.8. The third-order valence-electron chi connectivity index (χ3n) is 2.82. The molecule has 5 heteroatoms. The monoisotopic (exact) mass is 306 g/mol. The van der Waals surface area contributed by atoms with Gasteiger partial charge in [0.05, 0.1) is 6.42 Å². The molecule has 0 bridgehead atoms. The van der Waals surface area contributed by atoms with Gasteiger partial charge in [-0.3, -0.25) is 9.59 Å². The number of halogens is 2. The zero-order valence-electron chi connectivity index (χ0n) is 11.0. The van der Waals surface area contributed by atoms with Gasteiger partial charge < -0.3 is 4.74 Å². The van der Waals surface area contributed by atoms with Crippen molar-refractivity contribution in [3.05, 3.63) is 70.5 Å². The summed E-state index contributed by atoms with van der Waals surface area (Å²) in [5.74, 6) is -1.46. The fourth-order valence-corrected chi connectivity index (χ4v) is 1.84. The summed E-state index contributed by atoms with van der Waals surface area (Å²) < 4.78 is 18.2. The number of hydrogen-bond donors (Lipinski definition) is 0. The number of ether oxygens (including phenoxy) is 1. The lowest BCUT2D eigenvalue weighted by Crippen LogP contribution is -2.16. The minimum absolute atomic E-state index is 0.208. The Labute approximate surface area is 126 Å². The van der Waals surface area contributed by atoms with Crippen molar-refractivity contribution in [1.29, 1.82) is 0 Å². The summed E-state index contributed by atoms with van der Waals surface area (Å²) in [6, 6.07) is 12.2. The van der Waals surface area contributed by atoms with Crippen LogP contribution >= 0.6 is 11.6 Å². The Morgan fingerprint density at radius 3 is 2.38 bits per heavy atom. The average Bonchev–Trinajstić information content (AvgIpc) is 2.48. The molecule has 0 atom stereocenters. The van der Waals surface area contributed by atoms with Crippen molar-refractivity contribution < 1.29 is 18.7 Å². The van der Waals surface area contributed by atoms with Crippen LogP contribution in [0.4, 0.5) is 4.39 Å². The molecule has 0 fully saturated rings. The van der Waals surface area contributed by atoms with E-state index in [0.29, 0.717) is 10.6 Å². The fraction of sp³-hybridized carbons (Fsp3) is 0.125. The number of hydrogen-bond acceptors (Lipinski definition) is 3. The zero-order chi connectivity index (χ0) is 15.2. The lowest BCUT2D eigenvalue weighted by Gasteiger charge is -2.05. The summed E-state index contributed by atoms with van der Waals surface area (Å²) in [5, 5.41) is 0.517. The van der Waals surface area contributed by atoms with Gasteiger partial charge in [-0.05, 0) is 35.9 Å². The Kier molecular flexibility index (Phi) is 5.06. The van der Waals surface area contributed by atoms with Crippen LogP contribution in [0.1, 0.15) is 15.9 Å². The molecule has 3 nitrogen and oxygen atoms in total. The number of ketones is 1. The predicted molar refractivity (Wildman–Crippen MR) is 76.8 cm³/mol. The van der Waals surface area contributed by atoms with E-state index in [2.05, 4.69) is 0 Å². The van der Waals surface area contributed by atoms with Gasteiger partial charge in [-0.25, -0.2) is 4.39 Å². The summed E-state index contributed by atoms with van der Waals surface area (Å²) in [6.45, 7) is -0.380. The van der Waals surface area contributed by atoms with Crippen molar-refractivity contribution in [2.75, 3.05) is 6.61 Å². The van der Waals surface area contributed by atoms with Crippen molar-refractivity contribution >= 4 is 23.4 Å². The van der Waals surface area contributed by atoms with Gasteiger partial charge in [0.2, 0.25) is 0 Å². The maximum absolute atomic E-state index is 13.4. The Morgan fingerprint density at radius 1 is 1.05 bits per heavy atom. The lowest BCUT2D eigenvalue weighted by molar-refractivity contribution is -0.141. The topological polar surface area (TPSA) is 43.4 Å². The molecule has 0 saturated carbocycles. The molecule has 21 heavy (non-hydrogen) atoms. The quantitative estimate of drug-likeness (QED) is 0.628. The average molecular weight is 307 g/mol. The molecular formula is C16H12ClFO3. The van der Waals surface area contributed by atoms with Crippen LogP contribution in [0, 0.1) is 5.82 Å². The van der Waals surface area contributed by atoms with Crippen LogP contribution in [0.2, 0.25) is 5.02 Å².